The number of aromatic hydroxyl groups is 1. The first kappa shape index (κ1) is 17.1. The molecule has 0 bridgehead atoms. The SMILES string of the molecule is O=C(CCOc1ccccc1F)N1CCN(c2ccc(O)cc2)CC1. The van der Waals surface area contributed by atoms with E-state index >= 15 is 0 Å². The molecular weight excluding hydrogens is 323 g/mol. The minimum absolute atomic E-state index is 0.0155. The maximum atomic E-state index is 13.5. The summed E-state index contributed by atoms with van der Waals surface area (Å²) in [5.74, 6) is 0.0130. The Kier molecular flexibility index (Phi) is 5.38. The van der Waals surface area contributed by atoms with Crippen LogP contribution in [0.25, 0.3) is 0 Å². The van der Waals surface area contributed by atoms with Gasteiger partial charge in [0.2, 0.25) is 5.91 Å². The van der Waals surface area contributed by atoms with Gasteiger partial charge in [-0.05, 0) is 36.4 Å². The van der Waals surface area contributed by atoms with Gasteiger partial charge in [-0.3, -0.25) is 4.79 Å². The molecule has 0 unspecified atom stereocenters. The van der Waals surface area contributed by atoms with E-state index in [0.29, 0.717) is 13.1 Å². The van der Waals surface area contributed by atoms with Crippen molar-refractivity contribution in [2.24, 2.45) is 0 Å². The van der Waals surface area contributed by atoms with Crippen LogP contribution >= 0.6 is 0 Å². The number of anilines is 1. The zero-order valence-electron chi connectivity index (χ0n) is 13.9. The van der Waals surface area contributed by atoms with Crippen molar-refractivity contribution in [3.63, 3.8) is 0 Å². The van der Waals surface area contributed by atoms with Crippen molar-refractivity contribution in [2.75, 3.05) is 37.7 Å². The monoisotopic (exact) mass is 344 g/mol. The van der Waals surface area contributed by atoms with Crippen molar-refractivity contribution in [3.8, 4) is 11.5 Å². The lowest BCUT2D eigenvalue weighted by Gasteiger charge is -2.36. The van der Waals surface area contributed by atoms with Gasteiger partial charge in [-0.15, -0.1) is 0 Å². The van der Waals surface area contributed by atoms with Gasteiger partial charge >= 0.3 is 0 Å². The molecule has 3 rings (SSSR count). The third-order valence-corrected chi connectivity index (χ3v) is 4.26. The second-order valence-electron chi connectivity index (χ2n) is 5.91. The molecule has 5 nitrogen and oxygen atoms in total. The number of carbonyl (C=O) groups is 1. The first-order valence-electron chi connectivity index (χ1n) is 8.32. The zero-order chi connectivity index (χ0) is 17.6. The van der Waals surface area contributed by atoms with Gasteiger partial charge in [0.1, 0.15) is 5.75 Å². The molecule has 1 aliphatic rings. The van der Waals surface area contributed by atoms with Gasteiger partial charge in [-0.25, -0.2) is 4.39 Å². The van der Waals surface area contributed by atoms with Gasteiger partial charge in [0.15, 0.2) is 11.6 Å². The van der Waals surface area contributed by atoms with E-state index in [1.807, 2.05) is 17.0 Å². The molecule has 1 aliphatic heterocycles. The molecule has 132 valence electrons. The molecule has 1 heterocycles. The summed E-state index contributed by atoms with van der Waals surface area (Å²) < 4.78 is 18.8. The minimum atomic E-state index is -0.419. The van der Waals surface area contributed by atoms with Gasteiger partial charge in [0.05, 0.1) is 13.0 Å². The summed E-state index contributed by atoms with van der Waals surface area (Å²) in [5, 5.41) is 9.35. The Labute approximate surface area is 146 Å². The Morgan fingerprint density at radius 1 is 1.04 bits per heavy atom. The number of amides is 1. The van der Waals surface area contributed by atoms with E-state index in [4.69, 9.17) is 4.74 Å². The van der Waals surface area contributed by atoms with Gasteiger partial charge in [0.25, 0.3) is 0 Å². The molecule has 1 N–H and O–H groups in total. The molecule has 1 saturated heterocycles. The third kappa shape index (κ3) is 4.41. The standard InChI is InChI=1S/C19H21FN2O3/c20-17-3-1-2-4-18(17)25-14-9-19(24)22-12-10-21(11-13-22)15-5-7-16(23)8-6-15/h1-8,23H,9-14H2. The molecule has 6 heteroatoms. The Morgan fingerprint density at radius 3 is 2.40 bits per heavy atom. The zero-order valence-corrected chi connectivity index (χ0v) is 13.9. The molecule has 25 heavy (non-hydrogen) atoms. The number of halogens is 1. The van der Waals surface area contributed by atoms with E-state index in [-0.39, 0.29) is 30.4 Å². The van der Waals surface area contributed by atoms with Crippen LogP contribution in [0.4, 0.5) is 10.1 Å². The normalized spacial score (nSPS) is 14.4. The fraction of sp³-hybridized carbons (Fsp3) is 0.316. The van der Waals surface area contributed by atoms with Crippen LogP contribution in [0.3, 0.4) is 0 Å². The number of hydrogen-bond acceptors (Lipinski definition) is 4. The quantitative estimate of drug-likeness (QED) is 0.906. The van der Waals surface area contributed by atoms with Crippen molar-refractivity contribution < 1.29 is 19.0 Å². The number of piperazine rings is 1. The van der Waals surface area contributed by atoms with E-state index in [1.54, 1.807) is 30.3 Å². The topological polar surface area (TPSA) is 53.0 Å². The number of phenolic OH excluding ortho intramolecular Hbond substituents is 1. The molecule has 0 radical (unpaired) electrons. The number of phenols is 1. The number of carbonyl (C=O) groups excluding carboxylic acids is 1. The number of benzene rings is 2. The Morgan fingerprint density at radius 2 is 1.72 bits per heavy atom. The molecule has 2 aromatic rings. The second-order valence-corrected chi connectivity index (χ2v) is 5.91. The van der Waals surface area contributed by atoms with Crippen LogP contribution in [0.1, 0.15) is 6.42 Å². The first-order chi connectivity index (χ1) is 12.1. The molecule has 0 aromatic heterocycles. The largest absolute Gasteiger partial charge is 0.508 e. The van der Waals surface area contributed by atoms with Gasteiger partial charge < -0.3 is 19.6 Å². The number of para-hydroxylation sites is 1. The lowest BCUT2D eigenvalue weighted by molar-refractivity contribution is -0.132. The van der Waals surface area contributed by atoms with Crippen LogP contribution < -0.4 is 9.64 Å². The Bertz CT molecular complexity index is 713. The van der Waals surface area contributed by atoms with Crippen LogP contribution in [0.5, 0.6) is 11.5 Å². The van der Waals surface area contributed by atoms with Crippen LogP contribution in [0, 0.1) is 5.82 Å². The van der Waals surface area contributed by atoms with Gasteiger partial charge in [-0.2, -0.15) is 0 Å². The van der Waals surface area contributed by atoms with Gasteiger partial charge in [0, 0.05) is 31.9 Å². The van der Waals surface area contributed by atoms with E-state index < -0.39 is 5.82 Å². The molecule has 0 atom stereocenters. The first-order valence-corrected chi connectivity index (χ1v) is 8.32. The molecule has 2 aromatic carbocycles. The predicted octanol–water partition coefficient (Wildman–Crippen LogP) is 2.65. The fourth-order valence-electron chi connectivity index (χ4n) is 2.85. The Hall–Kier alpha value is -2.76. The molecule has 1 fully saturated rings. The second kappa shape index (κ2) is 7.88. The van der Waals surface area contributed by atoms with Crippen molar-refractivity contribution >= 4 is 11.6 Å². The average Bonchev–Trinajstić information content (AvgIpc) is 2.64. The van der Waals surface area contributed by atoms with Crippen molar-refractivity contribution in [1.82, 2.24) is 4.90 Å². The highest BCUT2D eigenvalue weighted by Gasteiger charge is 2.21. The number of hydrogen-bond donors (Lipinski definition) is 1. The molecule has 0 saturated carbocycles. The van der Waals surface area contributed by atoms with E-state index in [0.717, 1.165) is 18.8 Å². The Balaban J connectivity index is 1.44. The third-order valence-electron chi connectivity index (χ3n) is 4.26. The van der Waals surface area contributed by atoms with Crippen LogP contribution in [0.2, 0.25) is 0 Å². The molecule has 0 aliphatic carbocycles. The van der Waals surface area contributed by atoms with Crippen molar-refractivity contribution in [3.05, 3.63) is 54.3 Å². The maximum absolute atomic E-state index is 13.5. The highest BCUT2D eigenvalue weighted by Crippen LogP contribution is 2.20. The summed E-state index contributed by atoms with van der Waals surface area (Å²) in [6, 6.07) is 13.2. The van der Waals surface area contributed by atoms with Crippen LogP contribution in [-0.4, -0.2) is 48.7 Å². The molecule has 0 spiro atoms. The summed E-state index contributed by atoms with van der Waals surface area (Å²) >= 11 is 0. The summed E-state index contributed by atoms with van der Waals surface area (Å²) in [4.78, 5) is 16.2. The number of nitrogens with zero attached hydrogens (tertiary/aromatic N) is 2. The van der Waals surface area contributed by atoms with E-state index in [9.17, 15) is 14.3 Å². The van der Waals surface area contributed by atoms with E-state index in [1.165, 1.54) is 6.07 Å². The number of rotatable bonds is 5. The summed E-state index contributed by atoms with van der Waals surface area (Å²) in [6.07, 6.45) is 0.230. The predicted molar refractivity (Wildman–Crippen MR) is 93.4 cm³/mol. The van der Waals surface area contributed by atoms with Crippen LogP contribution in [-0.2, 0) is 4.79 Å². The summed E-state index contributed by atoms with van der Waals surface area (Å²) in [6.45, 7) is 2.92. The lowest BCUT2D eigenvalue weighted by Crippen LogP contribution is -2.49. The lowest BCUT2D eigenvalue weighted by atomic mass is 10.2. The van der Waals surface area contributed by atoms with Crippen LogP contribution in [0.15, 0.2) is 48.5 Å². The molecular formula is C19H21FN2O3. The minimum Gasteiger partial charge on any atom is -0.508 e. The summed E-state index contributed by atoms with van der Waals surface area (Å²) in [5.41, 5.74) is 1.03. The van der Waals surface area contributed by atoms with Gasteiger partial charge in [-0.1, -0.05) is 12.1 Å². The smallest absolute Gasteiger partial charge is 0.226 e. The highest BCUT2D eigenvalue weighted by molar-refractivity contribution is 5.76. The summed E-state index contributed by atoms with van der Waals surface area (Å²) in [7, 11) is 0. The fourth-order valence-corrected chi connectivity index (χ4v) is 2.85. The average molecular weight is 344 g/mol. The highest BCUT2D eigenvalue weighted by atomic mass is 19.1. The van der Waals surface area contributed by atoms with Crippen molar-refractivity contribution in [2.45, 2.75) is 6.42 Å². The molecule has 1 amide bonds. The maximum Gasteiger partial charge on any atom is 0.226 e. The van der Waals surface area contributed by atoms with E-state index in [2.05, 4.69) is 4.90 Å². The number of ether oxygens (including phenoxy) is 1. The van der Waals surface area contributed by atoms with Crippen molar-refractivity contribution in [1.29, 1.82) is 0 Å².